The van der Waals surface area contributed by atoms with Crippen molar-refractivity contribution in [2.24, 2.45) is 0 Å². The number of hydrazine groups is 1. The third-order valence-electron chi connectivity index (χ3n) is 3.93. The van der Waals surface area contributed by atoms with Gasteiger partial charge in [-0.15, -0.1) is 11.8 Å². The van der Waals surface area contributed by atoms with Crippen LogP contribution >= 0.6 is 11.8 Å². The molecule has 2 N–H and O–H groups in total. The summed E-state index contributed by atoms with van der Waals surface area (Å²) in [4.78, 5) is 24.6. The molecule has 0 radical (unpaired) electrons. The van der Waals surface area contributed by atoms with Gasteiger partial charge in [0.15, 0.2) is 18.1 Å². The van der Waals surface area contributed by atoms with E-state index in [-0.39, 0.29) is 18.3 Å². The smallest absolute Gasteiger partial charge is 0.276 e. The van der Waals surface area contributed by atoms with Crippen LogP contribution in [-0.2, 0) is 16.0 Å². The maximum absolute atomic E-state index is 11.9. The Kier molecular flexibility index (Phi) is 7.02. The zero-order valence-corrected chi connectivity index (χ0v) is 16.3. The van der Waals surface area contributed by atoms with Gasteiger partial charge < -0.3 is 14.2 Å². The van der Waals surface area contributed by atoms with Crippen LogP contribution in [0.3, 0.4) is 0 Å². The van der Waals surface area contributed by atoms with Crippen LogP contribution in [0.2, 0.25) is 0 Å². The number of amides is 2. The highest BCUT2D eigenvalue weighted by molar-refractivity contribution is 8.00. The van der Waals surface area contributed by atoms with E-state index in [9.17, 15) is 9.59 Å². The molecule has 0 aliphatic carbocycles. The third-order valence-corrected chi connectivity index (χ3v) is 4.92. The van der Waals surface area contributed by atoms with Crippen molar-refractivity contribution in [3.8, 4) is 17.2 Å². The van der Waals surface area contributed by atoms with Crippen LogP contribution in [0, 0.1) is 0 Å². The molecule has 2 amide bonds. The Balaban J connectivity index is 1.36. The van der Waals surface area contributed by atoms with E-state index in [1.165, 1.54) is 17.3 Å². The normalized spacial score (nSPS) is 12.2. The lowest BCUT2D eigenvalue weighted by Crippen LogP contribution is -2.44. The van der Waals surface area contributed by atoms with Crippen LogP contribution in [-0.4, -0.2) is 37.4 Å². The summed E-state index contributed by atoms with van der Waals surface area (Å²) in [5.74, 6) is 1.38. The van der Waals surface area contributed by atoms with Crippen molar-refractivity contribution >= 4 is 23.6 Å². The monoisotopic (exact) mass is 402 g/mol. The van der Waals surface area contributed by atoms with Crippen LogP contribution in [0.5, 0.6) is 17.2 Å². The minimum atomic E-state index is -0.433. The van der Waals surface area contributed by atoms with Gasteiger partial charge in [0.1, 0.15) is 19.0 Å². The fraction of sp³-hybridized carbons (Fsp3) is 0.300. The van der Waals surface area contributed by atoms with Gasteiger partial charge in [-0.2, -0.15) is 0 Å². The van der Waals surface area contributed by atoms with Gasteiger partial charge in [-0.05, 0) is 42.3 Å². The first kappa shape index (κ1) is 19.9. The molecular formula is C20H22N2O5S. The van der Waals surface area contributed by atoms with Crippen molar-refractivity contribution in [3.63, 3.8) is 0 Å². The van der Waals surface area contributed by atoms with E-state index in [4.69, 9.17) is 14.2 Å². The molecule has 2 aromatic carbocycles. The van der Waals surface area contributed by atoms with Crippen molar-refractivity contribution in [1.29, 1.82) is 0 Å². The molecule has 0 fully saturated rings. The predicted molar refractivity (Wildman–Crippen MR) is 106 cm³/mol. The fourth-order valence-corrected chi connectivity index (χ4v) is 3.17. The molecule has 2 aromatic rings. The van der Waals surface area contributed by atoms with E-state index >= 15 is 0 Å². The minimum absolute atomic E-state index is 0.152. The van der Waals surface area contributed by atoms with Crippen LogP contribution in [0.25, 0.3) is 0 Å². The van der Waals surface area contributed by atoms with Crippen molar-refractivity contribution in [3.05, 3.63) is 48.0 Å². The number of benzene rings is 2. The number of thioether (sulfide) groups is 1. The molecule has 0 bridgehead atoms. The van der Waals surface area contributed by atoms with Gasteiger partial charge in [0.2, 0.25) is 5.91 Å². The molecule has 1 aliphatic rings. The second-order valence-corrected chi connectivity index (χ2v) is 7.03. The Morgan fingerprint density at radius 2 is 1.71 bits per heavy atom. The molecule has 0 atom stereocenters. The topological polar surface area (TPSA) is 85.9 Å². The van der Waals surface area contributed by atoms with E-state index in [0.29, 0.717) is 30.5 Å². The second kappa shape index (κ2) is 9.89. The van der Waals surface area contributed by atoms with Crippen LogP contribution in [0.4, 0.5) is 0 Å². The van der Waals surface area contributed by atoms with E-state index in [2.05, 4.69) is 17.8 Å². The van der Waals surface area contributed by atoms with Gasteiger partial charge in [0.05, 0.1) is 5.75 Å². The first-order valence-electron chi connectivity index (χ1n) is 8.96. The van der Waals surface area contributed by atoms with Gasteiger partial charge >= 0.3 is 0 Å². The zero-order chi connectivity index (χ0) is 19.8. The van der Waals surface area contributed by atoms with Gasteiger partial charge in [-0.3, -0.25) is 20.4 Å². The SMILES string of the molecule is CCc1ccc(OCC(=O)NNC(=O)CSc2ccc3c(c2)OCCO3)cc1. The Morgan fingerprint density at radius 3 is 2.46 bits per heavy atom. The average molecular weight is 402 g/mol. The summed E-state index contributed by atoms with van der Waals surface area (Å²) < 4.78 is 16.4. The predicted octanol–water partition coefficient (Wildman–Crippen LogP) is 2.34. The van der Waals surface area contributed by atoms with Crippen LogP contribution < -0.4 is 25.1 Å². The standard InChI is InChI=1S/C20H22N2O5S/c1-2-14-3-5-15(6-4-14)27-12-19(23)21-22-20(24)13-28-16-7-8-17-18(11-16)26-10-9-25-17/h3-8,11H,2,9-10,12-13H2,1H3,(H,21,23)(H,22,24). The highest BCUT2D eigenvalue weighted by Gasteiger charge is 2.13. The Bertz CT molecular complexity index is 826. The van der Waals surface area contributed by atoms with Gasteiger partial charge in [0.25, 0.3) is 5.91 Å². The summed E-state index contributed by atoms with van der Waals surface area (Å²) in [6.07, 6.45) is 0.942. The number of nitrogens with one attached hydrogen (secondary N) is 2. The quantitative estimate of drug-likeness (QED) is 0.546. The largest absolute Gasteiger partial charge is 0.486 e. The van der Waals surface area contributed by atoms with Crippen molar-refractivity contribution in [2.45, 2.75) is 18.2 Å². The van der Waals surface area contributed by atoms with E-state index in [0.717, 1.165) is 11.3 Å². The summed E-state index contributed by atoms with van der Waals surface area (Å²) in [5, 5.41) is 0. The minimum Gasteiger partial charge on any atom is -0.486 e. The second-order valence-electron chi connectivity index (χ2n) is 5.98. The number of carbonyl (C=O) groups is 2. The first-order chi connectivity index (χ1) is 13.6. The fourth-order valence-electron chi connectivity index (χ4n) is 2.44. The van der Waals surface area contributed by atoms with Crippen LogP contribution in [0.15, 0.2) is 47.4 Å². The number of ether oxygens (including phenoxy) is 3. The van der Waals surface area contributed by atoms with Gasteiger partial charge in [-0.1, -0.05) is 19.1 Å². The number of hydrogen-bond acceptors (Lipinski definition) is 6. The van der Waals surface area contributed by atoms with E-state index < -0.39 is 5.91 Å². The van der Waals surface area contributed by atoms with Crippen molar-refractivity contribution < 1.29 is 23.8 Å². The third kappa shape index (κ3) is 5.82. The molecule has 0 aromatic heterocycles. The highest BCUT2D eigenvalue weighted by Crippen LogP contribution is 2.34. The number of aryl methyl sites for hydroxylation is 1. The maximum atomic E-state index is 11.9. The lowest BCUT2D eigenvalue weighted by molar-refractivity contribution is -0.128. The Morgan fingerprint density at radius 1 is 1.00 bits per heavy atom. The summed E-state index contributed by atoms with van der Waals surface area (Å²) in [5.41, 5.74) is 5.91. The van der Waals surface area contributed by atoms with Crippen molar-refractivity contribution in [1.82, 2.24) is 10.9 Å². The lowest BCUT2D eigenvalue weighted by atomic mass is 10.2. The molecule has 3 rings (SSSR count). The number of carbonyl (C=O) groups excluding carboxylic acids is 2. The molecule has 28 heavy (non-hydrogen) atoms. The average Bonchev–Trinajstić information content (AvgIpc) is 2.75. The summed E-state index contributed by atoms with van der Waals surface area (Å²) in [7, 11) is 0. The van der Waals surface area contributed by atoms with Crippen molar-refractivity contribution in [2.75, 3.05) is 25.6 Å². The molecule has 7 nitrogen and oxygen atoms in total. The Hall–Kier alpha value is -2.87. The van der Waals surface area contributed by atoms with Gasteiger partial charge in [0, 0.05) is 4.90 Å². The molecule has 0 saturated heterocycles. The molecule has 0 spiro atoms. The van der Waals surface area contributed by atoms with Crippen LogP contribution in [0.1, 0.15) is 12.5 Å². The summed E-state index contributed by atoms with van der Waals surface area (Å²) >= 11 is 1.34. The first-order valence-corrected chi connectivity index (χ1v) is 9.94. The van der Waals surface area contributed by atoms with E-state index in [1.54, 1.807) is 0 Å². The molecular weight excluding hydrogens is 380 g/mol. The lowest BCUT2D eigenvalue weighted by Gasteiger charge is -2.18. The molecule has 0 saturated carbocycles. The highest BCUT2D eigenvalue weighted by atomic mass is 32.2. The summed E-state index contributed by atoms with van der Waals surface area (Å²) in [6.45, 7) is 2.94. The number of rotatable bonds is 7. The van der Waals surface area contributed by atoms with Gasteiger partial charge in [-0.25, -0.2) is 0 Å². The molecule has 8 heteroatoms. The zero-order valence-electron chi connectivity index (χ0n) is 15.5. The molecule has 1 aliphatic heterocycles. The maximum Gasteiger partial charge on any atom is 0.276 e. The number of hydrogen-bond donors (Lipinski definition) is 2. The Labute approximate surface area is 167 Å². The number of fused-ring (bicyclic) bond motifs is 1. The summed E-state index contributed by atoms with van der Waals surface area (Å²) in [6, 6.07) is 13.0. The van der Waals surface area contributed by atoms with E-state index in [1.807, 2.05) is 42.5 Å². The molecule has 148 valence electrons. The molecule has 1 heterocycles. The molecule has 0 unspecified atom stereocenters.